The van der Waals surface area contributed by atoms with Gasteiger partial charge in [-0.05, 0) is 48.9 Å². The third-order valence-corrected chi connectivity index (χ3v) is 3.98. The first-order chi connectivity index (χ1) is 9.83. The molecule has 0 aliphatic heterocycles. The van der Waals surface area contributed by atoms with E-state index in [2.05, 4.69) is 46.5 Å². The van der Waals surface area contributed by atoms with E-state index in [0.717, 1.165) is 16.3 Å². The van der Waals surface area contributed by atoms with Gasteiger partial charge in [-0.25, -0.2) is 4.98 Å². The molecule has 0 saturated carbocycles. The van der Waals surface area contributed by atoms with Crippen molar-refractivity contribution in [2.75, 3.05) is 5.32 Å². The molecule has 1 aromatic carbocycles. The van der Waals surface area contributed by atoms with Crippen molar-refractivity contribution in [2.24, 2.45) is 0 Å². The number of hydrogen-bond acceptors (Lipinski definition) is 4. The molecule has 0 radical (unpaired) electrons. The number of nitrogens with zero attached hydrogens (tertiary/aromatic N) is 2. The Balaban J connectivity index is 1.72. The van der Waals surface area contributed by atoms with E-state index < -0.39 is 0 Å². The standard InChI is InChI=1S/C16H15N3S/c1-12(13-6-8-17-9-7-13)19-15-4-2-14(3-5-15)16-18-10-11-20-16/h2-12,19H,1H3. The molecule has 2 aromatic heterocycles. The molecule has 0 bridgehead atoms. The second-order valence-corrected chi connectivity index (χ2v) is 5.46. The van der Waals surface area contributed by atoms with Crippen molar-refractivity contribution in [3.05, 3.63) is 65.9 Å². The maximum Gasteiger partial charge on any atom is 0.123 e. The summed E-state index contributed by atoms with van der Waals surface area (Å²) in [6, 6.07) is 12.7. The summed E-state index contributed by atoms with van der Waals surface area (Å²) in [6.07, 6.45) is 5.47. The van der Waals surface area contributed by atoms with Crippen LogP contribution >= 0.6 is 11.3 Å². The smallest absolute Gasteiger partial charge is 0.123 e. The van der Waals surface area contributed by atoms with E-state index in [4.69, 9.17) is 0 Å². The Morgan fingerprint density at radius 2 is 1.75 bits per heavy atom. The zero-order valence-electron chi connectivity index (χ0n) is 11.2. The summed E-state index contributed by atoms with van der Waals surface area (Å²) >= 11 is 1.65. The summed E-state index contributed by atoms with van der Waals surface area (Å²) < 4.78 is 0. The third kappa shape index (κ3) is 2.86. The number of aromatic nitrogens is 2. The molecule has 1 atom stereocenters. The average molecular weight is 281 g/mol. The Kier molecular flexibility index (Phi) is 3.74. The van der Waals surface area contributed by atoms with Gasteiger partial charge in [0.2, 0.25) is 0 Å². The minimum atomic E-state index is 0.253. The van der Waals surface area contributed by atoms with Crippen LogP contribution in [0.25, 0.3) is 10.6 Å². The van der Waals surface area contributed by atoms with Crippen molar-refractivity contribution in [3.63, 3.8) is 0 Å². The highest BCUT2D eigenvalue weighted by Gasteiger charge is 2.05. The van der Waals surface area contributed by atoms with Crippen molar-refractivity contribution in [1.29, 1.82) is 0 Å². The number of anilines is 1. The zero-order chi connectivity index (χ0) is 13.8. The second kappa shape index (κ2) is 5.84. The molecule has 1 unspecified atom stereocenters. The molecule has 3 nitrogen and oxygen atoms in total. The molecule has 0 amide bonds. The predicted octanol–water partition coefficient (Wildman–Crippen LogP) is 4.38. The fourth-order valence-corrected chi connectivity index (χ4v) is 2.70. The van der Waals surface area contributed by atoms with E-state index >= 15 is 0 Å². The van der Waals surface area contributed by atoms with Crippen LogP contribution in [0.2, 0.25) is 0 Å². The Labute approximate surface area is 122 Å². The molecule has 1 N–H and O–H groups in total. The van der Waals surface area contributed by atoms with Gasteiger partial charge >= 0.3 is 0 Å². The molecule has 0 fully saturated rings. The fourth-order valence-electron chi connectivity index (χ4n) is 2.06. The number of rotatable bonds is 4. The maximum absolute atomic E-state index is 4.32. The topological polar surface area (TPSA) is 37.8 Å². The quantitative estimate of drug-likeness (QED) is 0.771. The normalized spacial score (nSPS) is 12.1. The van der Waals surface area contributed by atoms with Crippen molar-refractivity contribution in [2.45, 2.75) is 13.0 Å². The van der Waals surface area contributed by atoms with Gasteiger partial charge in [0.05, 0.1) is 0 Å². The van der Waals surface area contributed by atoms with Gasteiger partial charge < -0.3 is 5.32 Å². The minimum Gasteiger partial charge on any atom is -0.379 e. The minimum absolute atomic E-state index is 0.253. The van der Waals surface area contributed by atoms with Gasteiger partial charge in [0, 0.05) is 41.3 Å². The van der Waals surface area contributed by atoms with E-state index in [9.17, 15) is 0 Å². The van der Waals surface area contributed by atoms with Gasteiger partial charge in [-0.2, -0.15) is 0 Å². The van der Waals surface area contributed by atoms with Gasteiger partial charge in [-0.3, -0.25) is 4.98 Å². The summed E-state index contributed by atoms with van der Waals surface area (Å²) in [5.74, 6) is 0. The average Bonchev–Trinajstić information content (AvgIpc) is 3.03. The summed E-state index contributed by atoms with van der Waals surface area (Å²) in [4.78, 5) is 8.36. The van der Waals surface area contributed by atoms with E-state index in [0.29, 0.717) is 0 Å². The summed E-state index contributed by atoms with van der Waals surface area (Å²) in [7, 11) is 0. The molecule has 0 aliphatic carbocycles. The highest BCUT2D eigenvalue weighted by atomic mass is 32.1. The SMILES string of the molecule is CC(Nc1ccc(-c2nccs2)cc1)c1ccncc1. The van der Waals surface area contributed by atoms with Gasteiger partial charge in [-0.1, -0.05) is 0 Å². The first-order valence-electron chi connectivity index (χ1n) is 6.49. The molecule has 0 spiro atoms. The highest BCUT2D eigenvalue weighted by Crippen LogP contribution is 2.25. The summed E-state index contributed by atoms with van der Waals surface area (Å²) in [6.45, 7) is 2.14. The Morgan fingerprint density at radius 1 is 1.00 bits per heavy atom. The molecule has 0 saturated heterocycles. The Morgan fingerprint density at radius 3 is 2.40 bits per heavy atom. The van der Waals surface area contributed by atoms with Crippen molar-refractivity contribution in [1.82, 2.24) is 9.97 Å². The summed E-state index contributed by atoms with van der Waals surface area (Å²) in [5.41, 5.74) is 3.49. The highest BCUT2D eigenvalue weighted by molar-refractivity contribution is 7.13. The number of hydrogen-bond donors (Lipinski definition) is 1. The van der Waals surface area contributed by atoms with Crippen LogP contribution in [0.5, 0.6) is 0 Å². The Bertz CT molecular complexity index is 648. The lowest BCUT2D eigenvalue weighted by Crippen LogP contribution is -2.06. The van der Waals surface area contributed by atoms with Crippen molar-refractivity contribution in [3.8, 4) is 10.6 Å². The maximum atomic E-state index is 4.32. The largest absolute Gasteiger partial charge is 0.379 e. The van der Waals surface area contributed by atoms with E-state index in [1.165, 1.54) is 5.56 Å². The number of benzene rings is 1. The van der Waals surface area contributed by atoms with Crippen molar-refractivity contribution < 1.29 is 0 Å². The number of thiazole rings is 1. The van der Waals surface area contributed by atoms with Crippen LogP contribution in [0.1, 0.15) is 18.5 Å². The molecule has 2 heterocycles. The molecule has 4 heteroatoms. The summed E-state index contributed by atoms with van der Waals surface area (Å²) in [5, 5.41) is 6.53. The van der Waals surface area contributed by atoms with E-state index in [-0.39, 0.29) is 6.04 Å². The zero-order valence-corrected chi connectivity index (χ0v) is 12.0. The number of nitrogens with one attached hydrogen (secondary N) is 1. The van der Waals surface area contributed by atoms with Gasteiger partial charge in [0.1, 0.15) is 5.01 Å². The lowest BCUT2D eigenvalue weighted by atomic mass is 10.1. The lowest BCUT2D eigenvalue weighted by Gasteiger charge is -2.15. The first-order valence-corrected chi connectivity index (χ1v) is 7.37. The molecule has 20 heavy (non-hydrogen) atoms. The molecular formula is C16H15N3S. The first kappa shape index (κ1) is 12.8. The molecule has 100 valence electrons. The van der Waals surface area contributed by atoms with Crippen LogP contribution in [0.15, 0.2) is 60.4 Å². The molecular weight excluding hydrogens is 266 g/mol. The van der Waals surface area contributed by atoms with Gasteiger partial charge in [0.25, 0.3) is 0 Å². The lowest BCUT2D eigenvalue weighted by molar-refractivity contribution is 0.881. The van der Waals surface area contributed by atoms with Crippen LogP contribution in [-0.4, -0.2) is 9.97 Å². The van der Waals surface area contributed by atoms with Crippen LogP contribution in [-0.2, 0) is 0 Å². The fraction of sp³-hybridized carbons (Fsp3) is 0.125. The third-order valence-electron chi connectivity index (χ3n) is 3.15. The van der Waals surface area contributed by atoms with Crippen LogP contribution in [0.4, 0.5) is 5.69 Å². The predicted molar refractivity (Wildman–Crippen MR) is 83.8 cm³/mol. The monoisotopic (exact) mass is 281 g/mol. The number of pyridine rings is 1. The van der Waals surface area contributed by atoms with Crippen LogP contribution in [0.3, 0.4) is 0 Å². The van der Waals surface area contributed by atoms with Crippen LogP contribution < -0.4 is 5.32 Å². The van der Waals surface area contributed by atoms with E-state index in [1.54, 1.807) is 11.3 Å². The molecule has 3 aromatic rings. The Hall–Kier alpha value is -2.20. The molecule has 3 rings (SSSR count). The van der Waals surface area contributed by atoms with Crippen molar-refractivity contribution >= 4 is 17.0 Å². The van der Waals surface area contributed by atoms with Crippen LogP contribution in [0, 0.1) is 0 Å². The van der Waals surface area contributed by atoms with Gasteiger partial charge in [0.15, 0.2) is 0 Å². The molecule has 0 aliphatic rings. The van der Waals surface area contributed by atoms with Gasteiger partial charge in [-0.15, -0.1) is 11.3 Å². The van der Waals surface area contributed by atoms with E-state index in [1.807, 2.05) is 36.1 Å². The second-order valence-electron chi connectivity index (χ2n) is 4.56.